The highest BCUT2D eigenvalue weighted by Gasteiger charge is 2.23. The molecule has 1 atom stereocenters. The second-order valence-electron chi connectivity index (χ2n) is 6.26. The predicted molar refractivity (Wildman–Crippen MR) is 96.2 cm³/mol. The Balaban J connectivity index is 1.84. The minimum absolute atomic E-state index is 0.138. The fourth-order valence-corrected chi connectivity index (χ4v) is 4.31. The van der Waals surface area contributed by atoms with Gasteiger partial charge in [0.15, 0.2) is 0 Å². The molecule has 0 aromatic heterocycles. The van der Waals surface area contributed by atoms with Crippen LogP contribution in [0.3, 0.4) is 0 Å². The van der Waals surface area contributed by atoms with Crippen molar-refractivity contribution in [1.82, 2.24) is 9.62 Å². The molecule has 11 heteroatoms. The van der Waals surface area contributed by atoms with Crippen LogP contribution < -0.4 is 15.2 Å². The molecule has 1 heterocycles. The second kappa shape index (κ2) is 9.63. The van der Waals surface area contributed by atoms with Gasteiger partial charge in [0.05, 0.1) is 15.8 Å². The first kappa shape index (κ1) is 21.8. The topological polar surface area (TPSA) is 102 Å². The van der Waals surface area contributed by atoms with Crippen molar-refractivity contribution in [3.05, 3.63) is 23.2 Å². The monoisotopic (exact) mass is 425 g/mol. The van der Waals surface area contributed by atoms with Crippen molar-refractivity contribution in [3.63, 3.8) is 0 Å². The molecule has 1 aliphatic heterocycles. The molecule has 1 fully saturated rings. The average Bonchev–Trinajstić information content (AvgIpc) is 2.60. The Morgan fingerprint density at radius 3 is 2.81 bits per heavy atom. The molecule has 1 aromatic rings. The lowest BCUT2D eigenvalue weighted by molar-refractivity contribution is -0.123. The molecule has 1 unspecified atom stereocenters. The Labute approximate surface area is 161 Å². The van der Waals surface area contributed by atoms with Crippen LogP contribution in [-0.4, -0.2) is 52.0 Å². The number of nitrogens with two attached hydrogens (primary N) is 1. The summed E-state index contributed by atoms with van der Waals surface area (Å²) in [6, 6.07) is 3.29. The van der Waals surface area contributed by atoms with E-state index in [1.165, 1.54) is 0 Å². The van der Waals surface area contributed by atoms with Crippen molar-refractivity contribution in [2.45, 2.75) is 30.8 Å². The highest BCUT2D eigenvalue weighted by Crippen LogP contribution is 2.28. The number of amides is 1. The van der Waals surface area contributed by atoms with Crippen molar-refractivity contribution in [2.24, 2.45) is 11.7 Å². The van der Waals surface area contributed by atoms with E-state index in [4.69, 9.17) is 17.3 Å². The lowest BCUT2D eigenvalue weighted by Gasteiger charge is -2.31. The maximum Gasteiger partial charge on any atom is 0.387 e. The van der Waals surface area contributed by atoms with Crippen molar-refractivity contribution in [2.75, 3.05) is 26.2 Å². The summed E-state index contributed by atoms with van der Waals surface area (Å²) in [5, 5.41) is -0.219. The highest BCUT2D eigenvalue weighted by molar-refractivity contribution is 7.89. The van der Waals surface area contributed by atoms with Crippen molar-refractivity contribution in [1.29, 1.82) is 0 Å². The van der Waals surface area contributed by atoms with E-state index < -0.39 is 16.6 Å². The van der Waals surface area contributed by atoms with Crippen LogP contribution in [0, 0.1) is 5.92 Å². The summed E-state index contributed by atoms with van der Waals surface area (Å²) in [7, 11) is -3.83. The van der Waals surface area contributed by atoms with Gasteiger partial charge in [-0.05, 0) is 50.6 Å². The summed E-state index contributed by atoms with van der Waals surface area (Å²) in [4.78, 5) is 13.2. The minimum Gasteiger partial charge on any atom is -0.433 e. The Hall–Kier alpha value is -1.49. The number of hydrogen-bond donors (Lipinski definition) is 2. The summed E-state index contributed by atoms with van der Waals surface area (Å²) in [5.74, 6) is -0.761. The first-order valence-corrected chi connectivity index (χ1v) is 10.3. The number of primary amides is 1. The standard InChI is InChI=1S/C16H22ClF2N3O4S/c17-13-9-12(4-5-14(13)26-16(18)19)27(24,25)21-6-2-8-22-7-1-3-11(10-22)15(20)23/h4-5,9,11,16,21H,1-3,6-8,10H2,(H2,20,23). The van der Waals surface area contributed by atoms with Crippen LogP contribution in [0.15, 0.2) is 23.1 Å². The Morgan fingerprint density at radius 2 is 2.19 bits per heavy atom. The lowest BCUT2D eigenvalue weighted by Crippen LogP contribution is -2.42. The van der Waals surface area contributed by atoms with E-state index in [1.54, 1.807) is 0 Å². The molecule has 0 saturated carbocycles. The summed E-state index contributed by atoms with van der Waals surface area (Å²) >= 11 is 5.79. The number of nitrogens with zero attached hydrogens (tertiary/aromatic N) is 1. The summed E-state index contributed by atoms with van der Waals surface area (Å²) in [6.45, 7) is -0.797. The number of carbonyl (C=O) groups is 1. The van der Waals surface area contributed by atoms with Gasteiger partial charge in [-0.1, -0.05) is 11.6 Å². The van der Waals surface area contributed by atoms with Gasteiger partial charge in [-0.15, -0.1) is 0 Å². The van der Waals surface area contributed by atoms with E-state index in [0.29, 0.717) is 19.5 Å². The van der Waals surface area contributed by atoms with Crippen LogP contribution in [0.2, 0.25) is 5.02 Å². The Kier molecular flexibility index (Phi) is 7.78. The molecule has 27 heavy (non-hydrogen) atoms. The van der Waals surface area contributed by atoms with E-state index in [0.717, 1.165) is 37.6 Å². The number of hydrogen-bond acceptors (Lipinski definition) is 5. The highest BCUT2D eigenvalue weighted by atomic mass is 35.5. The van der Waals surface area contributed by atoms with E-state index in [1.807, 2.05) is 0 Å². The van der Waals surface area contributed by atoms with Gasteiger partial charge in [-0.25, -0.2) is 13.1 Å². The van der Waals surface area contributed by atoms with E-state index >= 15 is 0 Å². The zero-order chi connectivity index (χ0) is 20.0. The van der Waals surface area contributed by atoms with Gasteiger partial charge in [0.2, 0.25) is 15.9 Å². The van der Waals surface area contributed by atoms with E-state index in [-0.39, 0.29) is 34.0 Å². The number of rotatable bonds is 9. The molecule has 1 aliphatic rings. The van der Waals surface area contributed by atoms with Gasteiger partial charge in [0.25, 0.3) is 0 Å². The SMILES string of the molecule is NC(=O)C1CCCN(CCCNS(=O)(=O)c2ccc(OC(F)F)c(Cl)c2)C1. The average molecular weight is 426 g/mol. The summed E-state index contributed by atoms with van der Waals surface area (Å²) in [5.41, 5.74) is 5.34. The predicted octanol–water partition coefficient (Wildman–Crippen LogP) is 1.81. The molecular weight excluding hydrogens is 404 g/mol. The lowest BCUT2D eigenvalue weighted by atomic mass is 9.97. The normalized spacial score (nSPS) is 18.6. The number of alkyl halides is 2. The molecule has 3 N–H and O–H groups in total. The number of likely N-dealkylation sites (tertiary alicyclic amines) is 1. The van der Waals surface area contributed by atoms with E-state index in [2.05, 4.69) is 14.4 Å². The van der Waals surface area contributed by atoms with Crippen molar-refractivity contribution in [3.8, 4) is 5.75 Å². The van der Waals surface area contributed by atoms with Crippen LogP contribution in [0.25, 0.3) is 0 Å². The quantitative estimate of drug-likeness (QED) is 0.587. The van der Waals surface area contributed by atoms with Gasteiger partial charge in [0, 0.05) is 13.1 Å². The Bertz CT molecular complexity index is 764. The number of carbonyl (C=O) groups excluding carboxylic acids is 1. The number of benzene rings is 1. The number of halogens is 3. The fourth-order valence-electron chi connectivity index (χ4n) is 2.92. The molecule has 0 aliphatic carbocycles. The van der Waals surface area contributed by atoms with Gasteiger partial charge < -0.3 is 15.4 Å². The van der Waals surface area contributed by atoms with Gasteiger partial charge in [-0.2, -0.15) is 8.78 Å². The third kappa shape index (κ3) is 6.56. The van der Waals surface area contributed by atoms with Crippen LogP contribution in [0.5, 0.6) is 5.75 Å². The van der Waals surface area contributed by atoms with Crippen molar-refractivity contribution < 1.29 is 26.7 Å². The maximum absolute atomic E-state index is 12.3. The first-order valence-electron chi connectivity index (χ1n) is 8.45. The molecular formula is C16H22ClF2N3O4S. The third-order valence-electron chi connectivity index (χ3n) is 4.28. The van der Waals surface area contributed by atoms with Crippen LogP contribution in [-0.2, 0) is 14.8 Å². The smallest absolute Gasteiger partial charge is 0.387 e. The van der Waals surface area contributed by atoms with Gasteiger partial charge in [0.1, 0.15) is 5.75 Å². The molecule has 0 radical (unpaired) electrons. The first-order chi connectivity index (χ1) is 12.7. The number of ether oxygens (including phenoxy) is 1. The van der Waals surface area contributed by atoms with Crippen molar-refractivity contribution >= 4 is 27.5 Å². The fraction of sp³-hybridized carbons (Fsp3) is 0.562. The molecule has 152 valence electrons. The van der Waals surface area contributed by atoms with Crippen LogP contribution in [0.1, 0.15) is 19.3 Å². The molecule has 0 bridgehead atoms. The van der Waals surface area contributed by atoms with Crippen LogP contribution in [0.4, 0.5) is 8.78 Å². The summed E-state index contributed by atoms with van der Waals surface area (Å²) < 4.78 is 55.6. The Morgan fingerprint density at radius 1 is 1.44 bits per heavy atom. The molecule has 1 amide bonds. The zero-order valence-corrected chi connectivity index (χ0v) is 16.1. The minimum atomic E-state index is -3.83. The number of nitrogens with one attached hydrogen (secondary N) is 1. The van der Waals surface area contributed by atoms with E-state index in [9.17, 15) is 22.0 Å². The van der Waals surface area contributed by atoms with Crippen LogP contribution >= 0.6 is 11.6 Å². The third-order valence-corrected chi connectivity index (χ3v) is 6.03. The molecule has 0 spiro atoms. The maximum atomic E-state index is 12.3. The molecule has 2 rings (SSSR count). The largest absolute Gasteiger partial charge is 0.433 e. The van der Waals surface area contributed by atoms with Gasteiger partial charge in [-0.3, -0.25) is 4.79 Å². The molecule has 1 saturated heterocycles. The number of sulfonamides is 1. The van der Waals surface area contributed by atoms with Gasteiger partial charge >= 0.3 is 6.61 Å². The molecule has 7 nitrogen and oxygen atoms in total. The number of piperidine rings is 1. The second-order valence-corrected chi connectivity index (χ2v) is 8.44. The zero-order valence-electron chi connectivity index (χ0n) is 14.5. The molecule has 1 aromatic carbocycles. The summed E-state index contributed by atoms with van der Waals surface area (Å²) in [6.07, 6.45) is 2.21.